The average molecular weight is 347 g/mol. The summed E-state index contributed by atoms with van der Waals surface area (Å²) < 4.78 is 32.8. The van der Waals surface area contributed by atoms with Crippen LogP contribution in [-0.4, -0.2) is 39.0 Å². The Hall–Kier alpha value is -1.35. The van der Waals surface area contributed by atoms with Crippen LogP contribution in [0.1, 0.15) is 36.8 Å². The zero-order valence-corrected chi connectivity index (χ0v) is 14.9. The summed E-state index contributed by atoms with van der Waals surface area (Å²) in [5, 5.41) is 0. The largest absolute Gasteiger partial charge is 0.369 e. The summed E-state index contributed by atoms with van der Waals surface area (Å²) in [6.07, 6.45) is 11.2. The van der Waals surface area contributed by atoms with Crippen LogP contribution in [-0.2, 0) is 27.6 Å². The molecule has 24 heavy (non-hydrogen) atoms. The van der Waals surface area contributed by atoms with E-state index in [1.54, 1.807) is 10.4 Å². The Balaban J connectivity index is 1.65. The van der Waals surface area contributed by atoms with Crippen molar-refractivity contribution in [2.24, 2.45) is 5.92 Å². The van der Waals surface area contributed by atoms with Crippen molar-refractivity contribution in [3.8, 4) is 12.3 Å². The van der Waals surface area contributed by atoms with Gasteiger partial charge in [0.1, 0.15) is 6.61 Å². The second-order valence-electron chi connectivity index (χ2n) is 6.70. The first-order valence-electron chi connectivity index (χ1n) is 8.74. The first-order chi connectivity index (χ1) is 11.6. The minimum Gasteiger partial charge on any atom is -0.369 e. The van der Waals surface area contributed by atoms with E-state index in [1.807, 2.05) is 12.1 Å². The zero-order chi connectivity index (χ0) is 17.0. The molecule has 1 fully saturated rings. The third kappa shape index (κ3) is 3.83. The number of sulfonamides is 1. The predicted octanol–water partition coefficient (Wildman–Crippen LogP) is 2.62. The highest BCUT2D eigenvalue weighted by molar-refractivity contribution is 7.89. The Bertz CT molecular complexity index is 713. The first-order valence-corrected chi connectivity index (χ1v) is 10.2. The van der Waals surface area contributed by atoms with Crippen LogP contribution < -0.4 is 0 Å². The van der Waals surface area contributed by atoms with Crippen LogP contribution in [0.25, 0.3) is 0 Å². The molecule has 0 spiro atoms. The van der Waals surface area contributed by atoms with Crippen molar-refractivity contribution in [3.05, 3.63) is 29.3 Å². The van der Waals surface area contributed by atoms with Crippen molar-refractivity contribution in [2.75, 3.05) is 26.3 Å². The molecule has 0 N–H and O–H groups in total. The van der Waals surface area contributed by atoms with Crippen LogP contribution in [0.4, 0.5) is 0 Å². The van der Waals surface area contributed by atoms with E-state index in [0.29, 0.717) is 37.1 Å². The summed E-state index contributed by atoms with van der Waals surface area (Å²) in [6.45, 7) is 2.07. The Morgan fingerprint density at radius 2 is 1.88 bits per heavy atom. The molecule has 1 heterocycles. The van der Waals surface area contributed by atoms with E-state index in [1.165, 1.54) is 17.5 Å². The normalized spacial score (nSPS) is 19.6. The van der Waals surface area contributed by atoms with E-state index in [0.717, 1.165) is 32.1 Å². The molecule has 1 aliphatic heterocycles. The number of piperidine rings is 1. The molecule has 1 aromatic carbocycles. The molecule has 0 unspecified atom stereocenters. The van der Waals surface area contributed by atoms with Gasteiger partial charge in [-0.1, -0.05) is 12.0 Å². The number of ether oxygens (including phenoxy) is 1. The van der Waals surface area contributed by atoms with Gasteiger partial charge in [-0.3, -0.25) is 0 Å². The number of fused-ring (bicyclic) bond motifs is 1. The van der Waals surface area contributed by atoms with Gasteiger partial charge >= 0.3 is 0 Å². The maximum absolute atomic E-state index is 12.9. The highest BCUT2D eigenvalue weighted by Crippen LogP contribution is 2.28. The van der Waals surface area contributed by atoms with Gasteiger partial charge in [0.15, 0.2) is 0 Å². The van der Waals surface area contributed by atoms with Crippen molar-refractivity contribution in [2.45, 2.75) is 43.4 Å². The molecule has 0 atom stereocenters. The number of aryl methyl sites for hydroxylation is 2. The van der Waals surface area contributed by atoms with Gasteiger partial charge in [-0.2, -0.15) is 4.31 Å². The summed E-state index contributed by atoms with van der Waals surface area (Å²) in [4.78, 5) is 0.449. The van der Waals surface area contributed by atoms with E-state index >= 15 is 0 Å². The molecular formula is C19H25NO3S. The van der Waals surface area contributed by atoms with Gasteiger partial charge in [-0.15, -0.1) is 6.42 Å². The maximum atomic E-state index is 12.9. The molecule has 1 saturated heterocycles. The van der Waals surface area contributed by atoms with Crippen molar-refractivity contribution >= 4 is 10.0 Å². The maximum Gasteiger partial charge on any atom is 0.243 e. The van der Waals surface area contributed by atoms with E-state index < -0.39 is 10.0 Å². The van der Waals surface area contributed by atoms with Crippen molar-refractivity contribution in [3.63, 3.8) is 0 Å². The Morgan fingerprint density at radius 3 is 2.58 bits per heavy atom. The minimum atomic E-state index is -3.38. The third-order valence-corrected chi connectivity index (χ3v) is 6.96. The molecule has 4 nitrogen and oxygen atoms in total. The smallest absolute Gasteiger partial charge is 0.243 e. The fraction of sp³-hybridized carbons (Fsp3) is 0.579. The van der Waals surface area contributed by atoms with Gasteiger partial charge in [0.2, 0.25) is 10.0 Å². The number of benzene rings is 1. The van der Waals surface area contributed by atoms with E-state index in [4.69, 9.17) is 11.2 Å². The Labute approximate surface area is 145 Å². The number of hydrogen-bond acceptors (Lipinski definition) is 3. The lowest BCUT2D eigenvalue weighted by molar-refractivity contribution is 0.101. The number of rotatable bonds is 5. The lowest BCUT2D eigenvalue weighted by Gasteiger charge is -2.31. The summed E-state index contributed by atoms with van der Waals surface area (Å²) in [5.74, 6) is 2.85. The van der Waals surface area contributed by atoms with Crippen molar-refractivity contribution in [1.29, 1.82) is 0 Å². The second-order valence-corrected chi connectivity index (χ2v) is 8.64. The molecule has 1 aliphatic carbocycles. The van der Waals surface area contributed by atoms with Gasteiger partial charge in [-0.05, 0) is 67.7 Å². The monoisotopic (exact) mass is 347 g/mol. The van der Waals surface area contributed by atoms with Gasteiger partial charge < -0.3 is 4.74 Å². The molecule has 0 bridgehead atoms. The number of terminal acetylenes is 1. The first kappa shape index (κ1) is 17.5. The molecule has 0 aromatic heterocycles. The van der Waals surface area contributed by atoms with Crippen LogP contribution in [0.5, 0.6) is 0 Å². The second kappa shape index (κ2) is 7.69. The highest BCUT2D eigenvalue weighted by Gasteiger charge is 2.30. The Kier molecular flexibility index (Phi) is 5.60. The highest BCUT2D eigenvalue weighted by atomic mass is 32.2. The molecule has 0 saturated carbocycles. The summed E-state index contributed by atoms with van der Waals surface area (Å²) in [6, 6.07) is 5.68. The van der Waals surface area contributed by atoms with E-state index in [2.05, 4.69) is 5.92 Å². The quantitative estimate of drug-likeness (QED) is 0.608. The van der Waals surface area contributed by atoms with Gasteiger partial charge in [-0.25, -0.2) is 8.42 Å². The van der Waals surface area contributed by atoms with Crippen LogP contribution in [0.2, 0.25) is 0 Å². The molecule has 1 aromatic rings. The topological polar surface area (TPSA) is 46.6 Å². The lowest BCUT2D eigenvalue weighted by Crippen LogP contribution is -2.39. The summed E-state index contributed by atoms with van der Waals surface area (Å²) >= 11 is 0. The lowest BCUT2D eigenvalue weighted by atomic mass is 9.92. The van der Waals surface area contributed by atoms with Crippen LogP contribution in [0.15, 0.2) is 23.1 Å². The molecule has 5 heteroatoms. The predicted molar refractivity (Wildman–Crippen MR) is 94.2 cm³/mol. The molecule has 3 rings (SSSR count). The Morgan fingerprint density at radius 1 is 1.17 bits per heavy atom. The standard InChI is InChI=1S/C19H25NO3S/c1-2-13-23-15-16-9-11-20(12-10-16)24(21,22)19-8-7-17-5-3-4-6-18(17)14-19/h1,7-8,14,16H,3-6,9-13,15H2. The molecular weight excluding hydrogens is 322 g/mol. The van der Waals surface area contributed by atoms with Crippen LogP contribution in [0, 0.1) is 18.3 Å². The fourth-order valence-corrected chi connectivity index (χ4v) is 5.14. The fourth-order valence-electron chi connectivity index (χ4n) is 3.62. The molecule has 0 amide bonds. The zero-order valence-electron chi connectivity index (χ0n) is 14.0. The van der Waals surface area contributed by atoms with Crippen LogP contribution >= 0.6 is 0 Å². The number of hydrogen-bond donors (Lipinski definition) is 0. The number of nitrogens with zero attached hydrogens (tertiary/aromatic N) is 1. The van der Waals surface area contributed by atoms with Gasteiger partial charge in [0.05, 0.1) is 11.5 Å². The van der Waals surface area contributed by atoms with Crippen LogP contribution in [0.3, 0.4) is 0 Å². The molecule has 130 valence electrons. The van der Waals surface area contributed by atoms with Crippen molar-refractivity contribution in [1.82, 2.24) is 4.31 Å². The summed E-state index contributed by atoms with van der Waals surface area (Å²) in [5.41, 5.74) is 2.52. The van der Waals surface area contributed by atoms with Crippen molar-refractivity contribution < 1.29 is 13.2 Å². The van der Waals surface area contributed by atoms with E-state index in [9.17, 15) is 8.42 Å². The SMILES string of the molecule is C#CCOCC1CCN(S(=O)(=O)c2ccc3c(c2)CCCC3)CC1. The van der Waals surface area contributed by atoms with Gasteiger partial charge in [0, 0.05) is 13.1 Å². The summed E-state index contributed by atoms with van der Waals surface area (Å²) in [7, 11) is -3.38. The van der Waals surface area contributed by atoms with E-state index in [-0.39, 0.29) is 0 Å². The third-order valence-electron chi connectivity index (χ3n) is 5.07. The molecule has 2 aliphatic rings. The minimum absolute atomic E-state index is 0.327. The average Bonchev–Trinajstić information content (AvgIpc) is 2.62. The molecule has 0 radical (unpaired) electrons. The van der Waals surface area contributed by atoms with Gasteiger partial charge in [0.25, 0.3) is 0 Å².